The van der Waals surface area contributed by atoms with Crippen molar-refractivity contribution in [2.45, 2.75) is 37.9 Å². The average molecular weight is 437 g/mol. The van der Waals surface area contributed by atoms with Crippen LogP contribution in [0.25, 0.3) is 11.1 Å². The summed E-state index contributed by atoms with van der Waals surface area (Å²) in [6, 6.07) is 14.1. The quantitative estimate of drug-likeness (QED) is 0.523. The van der Waals surface area contributed by atoms with Gasteiger partial charge in [-0.2, -0.15) is 5.26 Å². The molecule has 5 unspecified atom stereocenters. The van der Waals surface area contributed by atoms with Crippen LogP contribution in [0.4, 0.5) is 10.1 Å². The van der Waals surface area contributed by atoms with Crippen LogP contribution < -0.4 is 15.4 Å². The number of fused-ring (bicyclic) bond motifs is 5. The van der Waals surface area contributed by atoms with Crippen molar-refractivity contribution in [1.29, 1.82) is 5.26 Å². The minimum absolute atomic E-state index is 0.133. The van der Waals surface area contributed by atoms with E-state index >= 15 is 0 Å². The second-order valence-corrected chi connectivity index (χ2v) is 9.28. The topological polar surface area (TPSA) is 77.0 Å². The molecule has 1 heterocycles. The average Bonchev–Trinajstić information content (AvgIpc) is 3.12. The minimum Gasteiger partial charge on any atom is -0.339 e. The smallest absolute Gasteiger partial charge is 0.238 e. The Morgan fingerprint density at radius 3 is 2.65 bits per heavy atom. The highest BCUT2D eigenvalue weighted by atomic mass is 32.1. The van der Waals surface area contributed by atoms with Crippen LogP contribution in [0, 0.1) is 40.8 Å². The van der Waals surface area contributed by atoms with E-state index in [2.05, 4.69) is 41.2 Å². The molecular formula is C24H25FN4OS. The zero-order valence-electron chi connectivity index (χ0n) is 17.2. The van der Waals surface area contributed by atoms with Crippen molar-refractivity contribution in [3.05, 3.63) is 53.8 Å². The van der Waals surface area contributed by atoms with Crippen LogP contribution in [0.15, 0.2) is 42.5 Å². The van der Waals surface area contributed by atoms with Gasteiger partial charge in [-0.15, -0.1) is 0 Å². The van der Waals surface area contributed by atoms with Crippen molar-refractivity contribution < 1.29 is 9.18 Å². The monoisotopic (exact) mass is 436 g/mol. The minimum atomic E-state index is -0.762. The predicted molar refractivity (Wildman–Crippen MR) is 121 cm³/mol. The van der Waals surface area contributed by atoms with Gasteiger partial charge in [0.25, 0.3) is 0 Å². The molecule has 1 aliphatic heterocycles. The van der Waals surface area contributed by atoms with Crippen LogP contribution in [-0.2, 0) is 11.2 Å². The van der Waals surface area contributed by atoms with E-state index in [4.69, 9.17) is 0 Å². The van der Waals surface area contributed by atoms with E-state index in [-0.39, 0.29) is 24.2 Å². The molecule has 1 saturated heterocycles. The molecule has 2 aliphatic carbocycles. The lowest BCUT2D eigenvalue weighted by Gasteiger charge is -2.23. The lowest BCUT2D eigenvalue weighted by molar-refractivity contribution is -0.124. The van der Waals surface area contributed by atoms with E-state index in [1.54, 1.807) is 6.07 Å². The Hall–Kier alpha value is -2.56. The van der Waals surface area contributed by atoms with E-state index in [0.29, 0.717) is 29.4 Å². The van der Waals surface area contributed by atoms with Crippen LogP contribution in [-0.4, -0.2) is 24.0 Å². The van der Waals surface area contributed by atoms with Crippen molar-refractivity contribution >= 4 is 24.4 Å². The van der Waals surface area contributed by atoms with Gasteiger partial charge in [-0.25, -0.2) is 4.39 Å². The molecule has 7 heteroatoms. The van der Waals surface area contributed by atoms with Crippen molar-refractivity contribution in [2.24, 2.45) is 23.7 Å². The summed E-state index contributed by atoms with van der Waals surface area (Å²) in [5.74, 6) is 1.91. The van der Waals surface area contributed by atoms with Crippen LogP contribution in [0.2, 0.25) is 0 Å². The zero-order valence-corrected chi connectivity index (χ0v) is 18.1. The number of nitriles is 1. The number of rotatable bonds is 6. The van der Waals surface area contributed by atoms with Gasteiger partial charge in [0.05, 0.1) is 12.1 Å². The van der Waals surface area contributed by atoms with Gasteiger partial charge in [0.2, 0.25) is 5.91 Å². The lowest BCUT2D eigenvalue weighted by atomic mass is 9.94. The number of hydrogen-bond acceptors (Lipinski definition) is 5. The number of amides is 1. The second-order valence-electron chi connectivity index (χ2n) is 9.05. The molecule has 0 radical (unpaired) electrons. The summed E-state index contributed by atoms with van der Waals surface area (Å²) in [4.78, 5) is 12.8. The van der Waals surface area contributed by atoms with Gasteiger partial charge in [0.1, 0.15) is 11.9 Å². The van der Waals surface area contributed by atoms with Crippen LogP contribution in [0.5, 0.6) is 0 Å². The van der Waals surface area contributed by atoms with Crippen LogP contribution >= 0.6 is 12.8 Å². The summed E-state index contributed by atoms with van der Waals surface area (Å²) in [6.07, 6.45) is 1.19. The van der Waals surface area contributed by atoms with Gasteiger partial charge >= 0.3 is 0 Å². The number of benzene rings is 2. The third kappa shape index (κ3) is 3.58. The number of hydrogen-bond donors (Lipinski definition) is 4. The predicted octanol–water partition coefficient (Wildman–Crippen LogP) is 3.54. The van der Waals surface area contributed by atoms with Gasteiger partial charge in [0.15, 0.2) is 0 Å². The standard InChI is InChI=1S/C24H25FN4OS/c1-12-21-18-10-20(22(12)21)28-23(18)24(30)27-17(11-26)8-15-3-2-14(9-19(15)25)13-4-6-16(29-31)7-5-13/h2-7,9,12,17-18,20-23,28-29,31H,8,10H2,1H3,(H,27,30)/t12-,17-,18?,20?,21?,22?,23?/m0/s1. The van der Waals surface area contributed by atoms with Crippen molar-refractivity contribution in [2.75, 3.05) is 4.72 Å². The third-order valence-corrected chi connectivity index (χ3v) is 7.66. The summed E-state index contributed by atoms with van der Waals surface area (Å²) >= 11 is 4.01. The van der Waals surface area contributed by atoms with Crippen molar-refractivity contribution in [3.63, 3.8) is 0 Å². The first-order chi connectivity index (χ1) is 15.0. The number of halogens is 1. The second kappa shape index (κ2) is 7.85. The maximum absolute atomic E-state index is 14.8. The largest absolute Gasteiger partial charge is 0.339 e. The molecule has 0 aromatic heterocycles. The number of nitrogens with zero attached hydrogens (tertiary/aromatic N) is 1. The number of carbonyl (C=O) groups is 1. The Balaban J connectivity index is 1.24. The highest BCUT2D eigenvalue weighted by molar-refractivity contribution is 7.81. The summed E-state index contributed by atoms with van der Waals surface area (Å²) in [5.41, 5.74) is 2.91. The van der Waals surface area contributed by atoms with Gasteiger partial charge in [0, 0.05) is 18.2 Å². The molecule has 3 aliphatic rings. The number of nitrogens with one attached hydrogen (secondary N) is 3. The van der Waals surface area contributed by atoms with Gasteiger partial charge in [-0.3, -0.25) is 4.79 Å². The fraction of sp³-hybridized carbons (Fsp3) is 0.417. The Morgan fingerprint density at radius 1 is 1.26 bits per heavy atom. The SMILES string of the molecule is C[C@@H]1C2C3CC(C(C(=O)N[C@H](C#N)Cc4ccc(-c5ccc(NS)cc5)cc4F)N3)C21. The van der Waals surface area contributed by atoms with E-state index in [1.807, 2.05) is 30.3 Å². The highest BCUT2D eigenvalue weighted by Gasteiger charge is 2.67. The highest BCUT2D eigenvalue weighted by Crippen LogP contribution is 2.64. The molecule has 1 amide bonds. The number of carbonyl (C=O) groups excluding carboxylic acids is 1. The van der Waals surface area contributed by atoms with Gasteiger partial charge in [-0.05, 0) is 65.0 Å². The molecule has 31 heavy (non-hydrogen) atoms. The summed E-state index contributed by atoms with van der Waals surface area (Å²) in [7, 11) is 0. The molecule has 3 N–H and O–H groups in total. The first-order valence-electron chi connectivity index (χ1n) is 10.7. The molecule has 2 aromatic carbocycles. The normalized spacial score (nSPS) is 30.9. The van der Waals surface area contributed by atoms with Crippen molar-refractivity contribution in [3.8, 4) is 17.2 Å². The Morgan fingerprint density at radius 2 is 2.00 bits per heavy atom. The molecule has 2 bridgehead atoms. The van der Waals surface area contributed by atoms with Crippen LogP contribution in [0.1, 0.15) is 18.9 Å². The molecule has 5 nitrogen and oxygen atoms in total. The molecular weight excluding hydrogens is 411 g/mol. The maximum Gasteiger partial charge on any atom is 0.238 e. The molecule has 160 valence electrons. The van der Waals surface area contributed by atoms with Crippen molar-refractivity contribution in [1.82, 2.24) is 10.6 Å². The molecule has 2 saturated carbocycles. The number of piperidine rings is 1. The molecule has 2 aromatic rings. The maximum atomic E-state index is 14.8. The summed E-state index contributed by atoms with van der Waals surface area (Å²) < 4.78 is 17.5. The zero-order chi connectivity index (χ0) is 21.7. The first kappa shape index (κ1) is 20.3. The third-order valence-electron chi connectivity index (χ3n) is 7.40. The fourth-order valence-corrected chi connectivity index (χ4v) is 5.99. The van der Waals surface area contributed by atoms with Gasteiger partial charge in [-0.1, -0.05) is 44.0 Å². The van der Waals surface area contributed by atoms with Crippen LogP contribution in [0.3, 0.4) is 0 Å². The summed E-state index contributed by atoms with van der Waals surface area (Å²) in [6.45, 7) is 2.26. The number of anilines is 1. The van der Waals surface area contributed by atoms with E-state index in [1.165, 1.54) is 6.07 Å². The van der Waals surface area contributed by atoms with Gasteiger partial charge < -0.3 is 15.4 Å². The van der Waals surface area contributed by atoms with E-state index in [9.17, 15) is 14.4 Å². The first-order valence-corrected chi connectivity index (χ1v) is 11.2. The van der Waals surface area contributed by atoms with E-state index < -0.39 is 6.04 Å². The molecule has 5 rings (SSSR count). The fourth-order valence-electron chi connectivity index (χ4n) is 5.85. The molecule has 3 fully saturated rings. The Labute approximate surface area is 187 Å². The van der Waals surface area contributed by atoms with E-state index in [0.717, 1.165) is 29.2 Å². The summed E-state index contributed by atoms with van der Waals surface area (Å²) in [5, 5.41) is 15.9. The number of thiol groups is 1. The Kier molecular flexibility index (Phi) is 5.15. The molecule has 0 spiro atoms. The lowest BCUT2D eigenvalue weighted by Crippen LogP contribution is -2.51. The Bertz CT molecular complexity index is 1050. The molecule has 7 atom stereocenters.